The summed E-state index contributed by atoms with van der Waals surface area (Å²) in [6, 6.07) is 16.1. The van der Waals surface area contributed by atoms with E-state index in [2.05, 4.69) is 10.6 Å². The predicted molar refractivity (Wildman–Crippen MR) is 118 cm³/mol. The molecule has 3 aromatic carbocycles. The lowest BCUT2D eigenvalue weighted by molar-refractivity contribution is -0.384. The molecule has 3 rings (SSSR count). The molecule has 0 fully saturated rings. The Kier molecular flexibility index (Phi) is 7.34. The zero-order valence-electron chi connectivity index (χ0n) is 16.8. The first kappa shape index (κ1) is 23.8. The number of carbonyl (C=O) groups is 2. The van der Waals surface area contributed by atoms with Gasteiger partial charge in [0.25, 0.3) is 11.6 Å². The summed E-state index contributed by atoms with van der Waals surface area (Å²) in [5, 5.41) is 15.8. The molecule has 0 bridgehead atoms. The Morgan fingerprint density at radius 1 is 0.909 bits per heavy atom. The van der Waals surface area contributed by atoms with Crippen LogP contribution < -0.4 is 10.6 Å². The van der Waals surface area contributed by atoms with E-state index in [0.717, 1.165) is 12.1 Å². The van der Waals surface area contributed by atoms with Crippen LogP contribution in [-0.4, -0.2) is 22.5 Å². The zero-order valence-corrected chi connectivity index (χ0v) is 17.6. The van der Waals surface area contributed by atoms with Gasteiger partial charge < -0.3 is 10.6 Å². The second-order valence-corrected chi connectivity index (χ2v) is 7.75. The van der Waals surface area contributed by atoms with Gasteiger partial charge >= 0.3 is 6.18 Å². The van der Waals surface area contributed by atoms with E-state index in [9.17, 15) is 32.9 Å². The van der Waals surface area contributed by atoms with Crippen molar-refractivity contribution in [1.29, 1.82) is 0 Å². The van der Waals surface area contributed by atoms with Gasteiger partial charge in [0.05, 0.1) is 16.2 Å². The number of thioether (sulfide) groups is 1. The minimum atomic E-state index is -4.49. The Morgan fingerprint density at radius 2 is 1.58 bits per heavy atom. The van der Waals surface area contributed by atoms with Crippen LogP contribution in [0, 0.1) is 10.1 Å². The summed E-state index contributed by atoms with van der Waals surface area (Å²) in [5.74, 6) is -0.925. The van der Waals surface area contributed by atoms with E-state index in [1.165, 1.54) is 48.2 Å². The van der Waals surface area contributed by atoms with Crippen LogP contribution in [0.3, 0.4) is 0 Å². The fourth-order valence-electron chi connectivity index (χ4n) is 2.69. The van der Waals surface area contributed by atoms with Crippen molar-refractivity contribution in [3.05, 3.63) is 94.0 Å². The molecule has 3 aromatic rings. The second kappa shape index (κ2) is 10.2. The number of alkyl halides is 3. The van der Waals surface area contributed by atoms with Gasteiger partial charge in [-0.1, -0.05) is 6.07 Å². The molecule has 0 saturated carbocycles. The number of non-ortho nitro benzene ring substituents is 1. The maximum Gasteiger partial charge on any atom is 0.416 e. The monoisotopic (exact) mass is 475 g/mol. The number of anilines is 2. The van der Waals surface area contributed by atoms with Crippen LogP contribution in [0.25, 0.3) is 0 Å². The van der Waals surface area contributed by atoms with E-state index < -0.39 is 28.5 Å². The topological polar surface area (TPSA) is 101 Å². The molecule has 0 aromatic heterocycles. The van der Waals surface area contributed by atoms with Crippen molar-refractivity contribution in [2.45, 2.75) is 11.1 Å². The van der Waals surface area contributed by atoms with Gasteiger partial charge in [-0.2, -0.15) is 13.2 Å². The van der Waals surface area contributed by atoms with Crippen molar-refractivity contribution in [2.75, 3.05) is 16.4 Å². The summed E-state index contributed by atoms with van der Waals surface area (Å²) in [6.07, 6.45) is -4.49. The Labute approximate surface area is 190 Å². The molecular formula is C22H16F3N3O4S. The second-order valence-electron chi connectivity index (χ2n) is 6.70. The van der Waals surface area contributed by atoms with E-state index >= 15 is 0 Å². The molecule has 0 unspecified atom stereocenters. The first-order valence-corrected chi connectivity index (χ1v) is 10.4. The quantitative estimate of drug-likeness (QED) is 0.263. The number of carbonyl (C=O) groups excluding carboxylic acids is 2. The van der Waals surface area contributed by atoms with Crippen molar-refractivity contribution in [3.63, 3.8) is 0 Å². The molecule has 2 amide bonds. The fraction of sp³-hybridized carbons (Fsp3) is 0.0909. The molecule has 170 valence electrons. The third-order valence-corrected chi connectivity index (χ3v) is 5.31. The Bertz CT molecular complexity index is 1170. The van der Waals surface area contributed by atoms with E-state index in [1.807, 2.05) is 0 Å². The first-order valence-electron chi connectivity index (χ1n) is 9.37. The number of hydrogen-bond donors (Lipinski definition) is 2. The number of rotatable bonds is 7. The largest absolute Gasteiger partial charge is 0.416 e. The molecule has 33 heavy (non-hydrogen) atoms. The Morgan fingerprint density at radius 3 is 2.18 bits per heavy atom. The fourth-order valence-corrected chi connectivity index (χ4v) is 3.39. The van der Waals surface area contributed by atoms with E-state index in [1.54, 1.807) is 24.3 Å². The molecule has 7 nitrogen and oxygen atoms in total. The minimum Gasteiger partial charge on any atom is -0.325 e. The predicted octanol–water partition coefficient (Wildman–Crippen LogP) is 5.60. The summed E-state index contributed by atoms with van der Waals surface area (Å²) in [4.78, 5) is 35.1. The lowest BCUT2D eigenvalue weighted by atomic mass is 10.2. The summed E-state index contributed by atoms with van der Waals surface area (Å²) in [6.45, 7) is 0. The maximum absolute atomic E-state index is 12.8. The summed E-state index contributed by atoms with van der Waals surface area (Å²) < 4.78 is 38.3. The molecule has 0 aliphatic heterocycles. The smallest absolute Gasteiger partial charge is 0.325 e. The van der Waals surface area contributed by atoms with Crippen molar-refractivity contribution >= 4 is 40.6 Å². The lowest BCUT2D eigenvalue weighted by Gasteiger charge is -2.10. The van der Waals surface area contributed by atoms with Crippen molar-refractivity contribution in [1.82, 2.24) is 0 Å². The highest BCUT2D eigenvalue weighted by molar-refractivity contribution is 8.00. The van der Waals surface area contributed by atoms with Crippen LogP contribution in [-0.2, 0) is 11.0 Å². The number of amides is 2. The SMILES string of the molecule is O=C(CSc1ccc(NC(=O)c2ccc([N+](=O)[O-])cc2)cc1)Nc1cccc(C(F)(F)F)c1. The summed E-state index contributed by atoms with van der Waals surface area (Å²) in [7, 11) is 0. The van der Waals surface area contributed by atoms with Gasteiger partial charge in [0.15, 0.2) is 0 Å². The molecule has 0 aliphatic carbocycles. The van der Waals surface area contributed by atoms with Gasteiger partial charge in [-0.3, -0.25) is 19.7 Å². The normalized spacial score (nSPS) is 11.0. The van der Waals surface area contributed by atoms with Gasteiger partial charge in [0.1, 0.15) is 0 Å². The van der Waals surface area contributed by atoms with Crippen molar-refractivity contribution in [2.24, 2.45) is 0 Å². The van der Waals surface area contributed by atoms with Gasteiger partial charge in [0, 0.05) is 34.0 Å². The number of halogens is 3. The average Bonchev–Trinajstić information content (AvgIpc) is 2.78. The molecule has 0 saturated heterocycles. The van der Waals surface area contributed by atoms with E-state index in [0.29, 0.717) is 10.6 Å². The van der Waals surface area contributed by atoms with Gasteiger partial charge in [-0.15, -0.1) is 11.8 Å². The Balaban J connectivity index is 1.51. The molecular weight excluding hydrogens is 459 g/mol. The number of benzene rings is 3. The maximum atomic E-state index is 12.8. The number of nitrogens with one attached hydrogen (secondary N) is 2. The lowest BCUT2D eigenvalue weighted by Crippen LogP contribution is -2.15. The van der Waals surface area contributed by atoms with Crippen LogP contribution >= 0.6 is 11.8 Å². The van der Waals surface area contributed by atoms with Crippen molar-refractivity contribution in [3.8, 4) is 0 Å². The van der Waals surface area contributed by atoms with E-state index in [-0.39, 0.29) is 22.7 Å². The average molecular weight is 475 g/mol. The molecule has 0 radical (unpaired) electrons. The number of nitro groups is 1. The van der Waals surface area contributed by atoms with Crippen molar-refractivity contribution < 1.29 is 27.7 Å². The molecule has 11 heteroatoms. The zero-order chi connectivity index (χ0) is 24.0. The number of nitrogens with zero attached hydrogens (tertiary/aromatic N) is 1. The van der Waals surface area contributed by atoms with Gasteiger partial charge in [-0.05, 0) is 54.6 Å². The van der Waals surface area contributed by atoms with Crippen LogP contribution in [0.1, 0.15) is 15.9 Å². The van der Waals surface area contributed by atoms with Gasteiger partial charge in [-0.25, -0.2) is 0 Å². The van der Waals surface area contributed by atoms with E-state index in [4.69, 9.17) is 0 Å². The summed E-state index contributed by atoms with van der Waals surface area (Å²) >= 11 is 1.17. The van der Waals surface area contributed by atoms with Crippen LogP contribution in [0.2, 0.25) is 0 Å². The highest BCUT2D eigenvalue weighted by Crippen LogP contribution is 2.30. The molecule has 0 atom stereocenters. The molecule has 0 heterocycles. The van der Waals surface area contributed by atoms with Gasteiger partial charge in [0.2, 0.25) is 5.91 Å². The van der Waals surface area contributed by atoms with Crippen LogP contribution in [0.4, 0.5) is 30.2 Å². The third kappa shape index (κ3) is 6.81. The molecule has 0 aliphatic rings. The first-order chi connectivity index (χ1) is 15.6. The molecule has 2 N–H and O–H groups in total. The third-order valence-electron chi connectivity index (χ3n) is 4.30. The highest BCUT2D eigenvalue weighted by Gasteiger charge is 2.30. The number of hydrogen-bond acceptors (Lipinski definition) is 5. The highest BCUT2D eigenvalue weighted by atomic mass is 32.2. The minimum absolute atomic E-state index is 0.0231. The Hall–Kier alpha value is -3.86. The molecule has 0 spiro atoms. The number of nitro benzene ring substituents is 1. The van der Waals surface area contributed by atoms with Crippen LogP contribution in [0.5, 0.6) is 0 Å². The summed E-state index contributed by atoms with van der Waals surface area (Å²) in [5.41, 5.74) is -0.175. The standard InChI is InChI=1S/C22H16F3N3O4S/c23-22(24,25)15-2-1-3-17(12-15)26-20(29)13-33-19-10-6-16(7-11-19)27-21(30)14-4-8-18(9-5-14)28(31)32/h1-12H,13H2,(H,26,29)(H,27,30). The van der Waals surface area contributed by atoms with Crippen LogP contribution in [0.15, 0.2) is 77.7 Å².